The molecule has 2 aliphatic rings. The first-order valence-electron chi connectivity index (χ1n) is 9.37. The number of ether oxygens (including phenoxy) is 2. The maximum Gasteiger partial charge on any atom is 0.227 e. The van der Waals surface area contributed by atoms with E-state index in [0.29, 0.717) is 30.8 Å². The van der Waals surface area contributed by atoms with Crippen LogP contribution in [0.4, 0.5) is 5.69 Å². The number of hydrogen-bond donors (Lipinski definition) is 2. The van der Waals surface area contributed by atoms with E-state index < -0.39 is 0 Å². The number of amides is 1. The van der Waals surface area contributed by atoms with Crippen molar-refractivity contribution >= 4 is 24.0 Å². The van der Waals surface area contributed by atoms with E-state index in [-0.39, 0.29) is 30.3 Å². The maximum atomic E-state index is 12.8. The number of nitrogens with one attached hydrogen (secondary N) is 1. The molecule has 2 bridgehead atoms. The summed E-state index contributed by atoms with van der Waals surface area (Å²) in [5.74, 6) is 1.86. The molecule has 2 fully saturated rings. The number of rotatable bonds is 6. The number of benzene rings is 1. The van der Waals surface area contributed by atoms with Gasteiger partial charge in [0.25, 0.3) is 0 Å². The molecule has 2 unspecified atom stereocenters. The summed E-state index contributed by atoms with van der Waals surface area (Å²) in [7, 11) is 1.65. The summed E-state index contributed by atoms with van der Waals surface area (Å²) >= 11 is 0. The Labute approximate surface area is 162 Å². The van der Waals surface area contributed by atoms with Crippen LogP contribution in [0.2, 0.25) is 0 Å². The highest BCUT2D eigenvalue weighted by atomic mass is 35.5. The van der Waals surface area contributed by atoms with Gasteiger partial charge in [-0.3, -0.25) is 4.79 Å². The monoisotopic (exact) mass is 382 g/mol. The average Bonchev–Trinajstić information content (AvgIpc) is 2.57. The van der Waals surface area contributed by atoms with Crippen LogP contribution in [0, 0.1) is 24.7 Å². The van der Waals surface area contributed by atoms with E-state index >= 15 is 0 Å². The second-order valence-electron chi connectivity index (χ2n) is 7.53. The van der Waals surface area contributed by atoms with Crippen LogP contribution >= 0.6 is 12.4 Å². The van der Waals surface area contributed by atoms with Gasteiger partial charge >= 0.3 is 0 Å². The van der Waals surface area contributed by atoms with Crippen LogP contribution in [0.3, 0.4) is 0 Å². The number of anilines is 1. The lowest BCUT2D eigenvalue weighted by atomic mass is 9.65. The Morgan fingerprint density at radius 3 is 2.58 bits per heavy atom. The van der Waals surface area contributed by atoms with Gasteiger partial charge in [0.15, 0.2) is 0 Å². The second-order valence-corrected chi connectivity index (χ2v) is 7.53. The van der Waals surface area contributed by atoms with Crippen molar-refractivity contribution in [3.05, 3.63) is 23.8 Å². The lowest BCUT2D eigenvalue weighted by Gasteiger charge is -2.43. The molecule has 5 nitrogen and oxygen atoms in total. The van der Waals surface area contributed by atoms with Gasteiger partial charge in [-0.2, -0.15) is 0 Å². The molecule has 0 aromatic heterocycles. The molecule has 0 radical (unpaired) electrons. The van der Waals surface area contributed by atoms with Crippen LogP contribution in [0.25, 0.3) is 0 Å². The fourth-order valence-electron chi connectivity index (χ4n) is 4.33. The largest absolute Gasteiger partial charge is 0.489 e. The summed E-state index contributed by atoms with van der Waals surface area (Å²) in [6.45, 7) is 2.99. The summed E-state index contributed by atoms with van der Waals surface area (Å²) in [4.78, 5) is 12.8. The Bertz CT molecular complexity index is 597. The molecule has 0 saturated heterocycles. The first-order valence-corrected chi connectivity index (χ1v) is 9.37. The van der Waals surface area contributed by atoms with Crippen molar-refractivity contribution in [3.63, 3.8) is 0 Å². The van der Waals surface area contributed by atoms with Crippen LogP contribution in [-0.2, 0) is 9.53 Å². The molecule has 2 aliphatic carbocycles. The number of halogens is 1. The molecular weight excluding hydrogens is 352 g/mol. The number of hydrogen-bond acceptors (Lipinski definition) is 4. The van der Waals surface area contributed by atoms with Gasteiger partial charge in [-0.1, -0.05) is 12.5 Å². The van der Waals surface area contributed by atoms with Gasteiger partial charge in [0.05, 0.1) is 12.3 Å². The number of nitrogens with two attached hydrogens (primary N) is 1. The lowest BCUT2D eigenvalue weighted by molar-refractivity contribution is -0.122. The Morgan fingerprint density at radius 1 is 1.23 bits per heavy atom. The quantitative estimate of drug-likeness (QED) is 0.738. The Morgan fingerprint density at radius 2 is 1.92 bits per heavy atom. The van der Waals surface area contributed by atoms with E-state index in [1.807, 2.05) is 25.1 Å². The van der Waals surface area contributed by atoms with Crippen molar-refractivity contribution in [2.24, 2.45) is 23.5 Å². The summed E-state index contributed by atoms with van der Waals surface area (Å²) in [5, 5.41) is 3.09. The standard InChI is InChI=1S/C20H30N2O3.ClH/c1-13-6-7-17(18(10-13)25-9-8-24-2)22-20(23)16-11-14-4-3-5-15(12-16)19(14)21;/h6-7,10,14-16,19H,3-5,8-9,11-12,21H2,1-2H3,(H,22,23);1H. The van der Waals surface area contributed by atoms with Crippen LogP contribution < -0.4 is 15.8 Å². The van der Waals surface area contributed by atoms with Crippen LogP contribution in [-0.4, -0.2) is 32.3 Å². The topological polar surface area (TPSA) is 73.6 Å². The molecule has 26 heavy (non-hydrogen) atoms. The average molecular weight is 383 g/mol. The molecule has 0 aliphatic heterocycles. The van der Waals surface area contributed by atoms with Crippen LogP contribution in [0.5, 0.6) is 5.75 Å². The van der Waals surface area contributed by atoms with Crippen molar-refractivity contribution in [1.29, 1.82) is 0 Å². The molecule has 1 amide bonds. The van der Waals surface area contributed by atoms with Gasteiger partial charge in [-0.05, 0) is 62.1 Å². The first kappa shape index (κ1) is 21.0. The lowest BCUT2D eigenvalue weighted by Crippen LogP contribution is -2.48. The van der Waals surface area contributed by atoms with Gasteiger partial charge in [0.1, 0.15) is 12.4 Å². The van der Waals surface area contributed by atoms with Gasteiger partial charge in [-0.25, -0.2) is 0 Å². The van der Waals surface area contributed by atoms with E-state index in [0.717, 1.165) is 36.9 Å². The highest BCUT2D eigenvalue weighted by Crippen LogP contribution is 2.42. The van der Waals surface area contributed by atoms with Gasteiger partial charge < -0.3 is 20.5 Å². The van der Waals surface area contributed by atoms with Crippen molar-refractivity contribution in [1.82, 2.24) is 0 Å². The minimum Gasteiger partial charge on any atom is -0.489 e. The number of carbonyl (C=O) groups excluding carboxylic acids is 1. The Kier molecular flexibility index (Phi) is 7.74. The molecule has 1 aromatic carbocycles. The zero-order valence-electron chi connectivity index (χ0n) is 15.7. The molecule has 146 valence electrons. The number of methoxy groups -OCH3 is 1. The summed E-state index contributed by atoms with van der Waals surface area (Å²) in [6, 6.07) is 6.15. The third-order valence-corrected chi connectivity index (χ3v) is 5.72. The van der Waals surface area contributed by atoms with Crippen molar-refractivity contribution in [3.8, 4) is 5.75 Å². The zero-order valence-corrected chi connectivity index (χ0v) is 16.5. The molecule has 1 aromatic rings. The SMILES string of the molecule is COCCOc1cc(C)ccc1NC(=O)C1CC2CCCC(C1)C2N.Cl. The van der Waals surface area contributed by atoms with Crippen molar-refractivity contribution < 1.29 is 14.3 Å². The Hall–Kier alpha value is -1.30. The predicted octanol–water partition coefficient (Wildman–Crippen LogP) is 3.53. The van der Waals surface area contributed by atoms with Gasteiger partial charge in [0.2, 0.25) is 5.91 Å². The minimum absolute atomic E-state index is 0. The fraction of sp³-hybridized carbons (Fsp3) is 0.650. The van der Waals surface area contributed by atoms with Gasteiger partial charge in [-0.15, -0.1) is 12.4 Å². The van der Waals surface area contributed by atoms with E-state index in [9.17, 15) is 4.79 Å². The zero-order chi connectivity index (χ0) is 17.8. The fourth-order valence-corrected chi connectivity index (χ4v) is 4.33. The molecule has 3 N–H and O–H groups in total. The third-order valence-electron chi connectivity index (χ3n) is 5.72. The summed E-state index contributed by atoms with van der Waals surface area (Å²) < 4.78 is 10.8. The van der Waals surface area contributed by atoms with Gasteiger partial charge in [0, 0.05) is 19.1 Å². The number of fused-ring (bicyclic) bond motifs is 2. The molecule has 0 heterocycles. The molecule has 2 atom stereocenters. The molecular formula is C20H31ClN2O3. The number of aryl methyl sites for hydroxylation is 1. The molecule has 6 heteroatoms. The predicted molar refractivity (Wildman–Crippen MR) is 106 cm³/mol. The van der Waals surface area contributed by atoms with E-state index in [1.54, 1.807) is 7.11 Å². The summed E-state index contributed by atoms with van der Waals surface area (Å²) in [5.41, 5.74) is 8.19. The third kappa shape index (κ3) is 4.90. The van der Waals surface area contributed by atoms with Crippen molar-refractivity contribution in [2.45, 2.75) is 45.1 Å². The van der Waals surface area contributed by atoms with Crippen LogP contribution in [0.15, 0.2) is 18.2 Å². The molecule has 0 spiro atoms. The first-order chi connectivity index (χ1) is 12.1. The summed E-state index contributed by atoms with van der Waals surface area (Å²) in [6.07, 6.45) is 5.41. The Balaban J connectivity index is 0.00000243. The second kappa shape index (κ2) is 9.58. The van der Waals surface area contributed by atoms with E-state index in [4.69, 9.17) is 15.2 Å². The highest BCUT2D eigenvalue weighted by Gasteiger charge is 2.40. The molecule has 3 rings (SSSR count). The van der Waals surface area contributed by atoms with Crippen molar-refractivity contribution in [2.75, 3.05) is 25.6 Å². The van der Waals surface area contributed by atoms with Crippen LogP contribution in [0.1, 0.15) is 37.7 Å². The highest BCUT2D eigenvalue weighted by molar-refractivity contribution is 5.94. The maximum absolute atomic E-state index is 12.8. The van der Waals surface area contributed by atoms with E-state index in [2.05, 4.69) is 5.32 Å². The minimum atomic E-state index is 0. The van der Waals surface area contributed by atoms with E-state index in [1.165, 1.54) is 6.42 Å². The number of carbonyl (C=O) groups is 1. The normalized spacial score (nSPS) is 27.3. The molecule has 2 saturated carbocycles. The smallest absolute Gasteiger partial charge is 0.227 e.